The summed E-state index contributed by atoms with van der Waals surface area (Å²) in [6.07, 6.45) is 5.04. The normalized spacial score (nSPS) is 20.1. The molecule has 0 saturated heterocycles. The molecular formula is C21H24ClNO2. The fourth-order valence-electron chi connectivity index (χ4n) is 3.60. The first-order valence-electron chi connectivity index (χ1n) is 8.83. The third-order valence-corrected chi connectivity index (χ3v) is 5.27. The Labute approximate surface area is 154 Å². The topological polar surface area (TPSA) is 38.3 Å². The van der Waals surface area contributed by atoms with Crippen LogP contribution in [0.1, 0.15) is 43.6 Å². The van der Waals surface area contributed by atoms with Gasteiger partial charge in [0.1, 0.15) is 5.75 Å². The SMILES string of the molecule is COc1cccc([C@H]2CC[C@H](CC(=O)Nc3ccc(Cl)cc3)CC2)c1. The van der Waals surface area contributed by atoms with Crippen LogP contribution in [0.2, 0.25) is 5.02 Å². The fraction of sp³-hybridized carbons (Fsp3) is 0.381. The number of anilines is 1. The molecule has 1 amide bonds. The maximum absolute atomic E-state index is 12.2. The number of hydrogen-bond acceptors (Lipinski definition) is 2. The van der Waals surface area contributed by atoms with E-state index in [0.717, 1.165) is 37.1 Å². The monoisotopic (exact) mass is 357 g/mol. The van der Waals surface area contributed by atoms with Gasteiger partial charge in [-0.25, -0.2) is 0 Å². The van der Waals surface area contributed by atoms with E-state index in [0.29, 0.717) is 23.3 Å². The van der Waals surface area contributed by atoms with Gasteiger partial charge in [0.2, 0.25) is 5.91 Å². The molecule has 4 heteroatoms. The largest absolute Gasteiger partial charge is 0.497 e. The van der Waals surface area contributed by atoms with Gasteiger partial charge >= 0.3 is 0 Å². The van der Waals surface area contributed by atoms with Crippen LogP contribution in [0.4, 0.5) is 5.69 Å². The number of amides is 1. The number of rotatable bonds is 5. The Morgan fingerprint density at radius 1 is 1.12 bits per heavy atom. The lowest BCUT2D eigenvalue weighted by atomic mass is 9.77. The van der Waals surface area contributed by atoms with E-state index < -0.39 is 0 Å². The minimum absolute atomic E-state index is 0.0900. The van der Waals surface area contributed by atoms with E-state index in [9.17, 15) is 4.79 Å². The number of nitrogens with one attached hydrogen (secondary N) is 1. The molecule has 0 radical (unpaired) electrons. The molecule has 1 aliphatic carbocycles. The summed E-state index contributed by atoms with van der Waals surface area (Å²) in [7, 11) is 1.70. The number of hydrogen-bond donors (Lipinski definition) is 1. The summed E-state index contributed by atoms with van der Waals surface area (Å²) in [5, 5.41) is 3.64. The minimum Gasteiger partial charge on any atom is -0.497 e. The van der Waals surface area contributed by atoms with E-state index in [4.69, 9.17) is 16.3 Å². The minimum atomic E-state index is 0.0900. The van der Waals surface area contributed by atoms with Gasteiger partial charge in [0, 0.05) is 17.1 Å². The lowest BCUT2D eigenvalue weighted by Gasteiger charge is -2.28. The lowest BCUT2D eigenvalue weighted by molar-refractivity contribution is -0.117. The molecule has 2 aromatic carbocycles. The van der Waals surface area contributed by atoms with Gasteiger partial charge in [-0.2, -0.15) is 0 Å². The van der Waals surface area contributed by atoms with Crippen LogP contribution in [0.3, 0.4) is 0 Å². The molecule has 0 unspecified atom stereocenters. The van der Waals surface area contributed by atoms with Crippen LogP contribution in [0, 0.1) is 5.92 Å². The molecular weight excluding hydrogens is 334 g/mol. The summed E-state index contributed by atoms with van der Waals surface area (Å²) >= 11 is 5.87. The van der Waals surface area contributed by atoms with Gasteiger partial charge in [0.25, 0.3) is 0 Å². The van der Waals surface area contributed by atoms with Crippen LogP contribution in [-0.2, 0) is 4.79 Å². The zero-order valence-corrected chi connectivity index (χ0v) is 15.3. The van der Waals surface area contributed by atoms with Crippen LogP contribution < -0.4 is 10.1 Å². The molecule has 1 N–H and O–H groups in total. The van der Waals surface area contributed by atoms with Crippen molar-refractivity contribution < 1.29 is 9.53 Å². The summed E-state index contributed by atoms with van der Waals surface area (Å²) in [4.78, 5) is 12.2. The number of halogens is 1. The highest BCUT2D eigenvalue weighted by Crippen LogP contribution is 2.38. The van der Waals surface area contributed by atoms with Crippen LogP contribution in [0.5, 0.6) is 5.75 Å². The van der Waals surface area contributed by atoms with E-state index in [1.807, 2.05) is 18.2 Å². The fourth-order valence-corrected chi connectivity index (χ4v) is 3.73. The van der Waals surface area contributed by atoms with Gasteiger partial charge in [-0.1, -0.05) is 23.7 Å². The quantitative estimate of drug-likeness (QED) is 0.750. The van der Waals surface area contributed by atoms with Crippen molar-refractivity contribution in [3.63, 3.8) is 0 Å². The summed E-state index contributed by atoms with van der Waals surface area (Å²) in [5.74, 6) is 2.05. The highest BCUT2D eigenvalue weighted by Gasteiger charge is 2.24. The molecule has 2 aromatic rings. The summed E-state index contributed by atoms with van der Waals surface area (Å²) in [6, 6.07) is 15.6. The van der Waals surface area contributed by atoms with Gasteiger partial charge in [0.05, 0.1) is 7.11 Å². The van der Waals surface area contributed by atoms with Crippen molar-refractivity contribution >= 4 is 23.2 Å². The summed E-state index contributed by atoms with van der Waals surface area (Å²) in [5.41, 5.74) is 2.16. The molecule has 1 fully saturated rings. The van der Waals surface area contributed by atoms with Crippen LogP contribution in [-0.4, -0.2) is 13.0 Å². The zero-order chi connectivity index (χ0) is 17.6. The Balaban J connectivity index is 1.48. The molecule has 3 rings (SSSR count). The third-order valence-electron chi connectivity index (χ3n) is 5.01. The van der Waals surface area contributed by atoms with E-state index in [2.05, 4.69) is 23.5 Å². The van der Waals surface area contributed by atoms with E-state index in [-0.39, 0.29) is 5.91 Å². The predicted octanol–water partition coefficient (Wildman–Crippen LogP) is 5.65. The maximum atomic E-state index is 12.2. The summed E-state index contributed by atoms with van der Waals surface area (Å²) in [6.45, 7) is 0. The standard InChI is InChI=1S/C21H24ClNO2/c1-25-20-4-2-3-17(14-20)16-7-5-15(6-8-16)13-21(24)23-19-11-9-18(22)10-12-19/h2-4,9-12,14-16H,5-8,13H2,1H3,(H,23,24)/t15-,16-. The van der Waals surface area contributed by atoms with Crippen LogP contribution in [0.15, 0.2) is 48.5 Å². The van der Waals surface area contributed by atoms with Crippen molar-refractivity contribution in [1.29, 1.82) is 0 Å². The molecule has 0 heterocycles. The van der Waals surface area contributed by atoms with Gasteiger partial charge in [-0.15, -0.1) is 0 Å². The van der Waals surface area contributed by atoms with Crippen molar-refractivity contribution in [3.8, 4) is 5.75 Å². The molecule has 1 aliphatic rings. The van der Waals surface area contributed by atoms with Gasteiger partial charge in [0.15, 0.2) is 0 Å². The lowest BCUT2D eigenvalue weighted by Crippen LogP contribution is -2.20. The second kappa shape index (κ2) is 8.39. The molecule has 132 valence electrons. The number of ether oxygens (including phenoxy) is 1. The predicted molar refractivity (Wildman–Crippen MR) is 102 cm³/mol. The average Bonchev–Trinajstić information content (AvgIpc) is 2.64. The van der Waals surface area contributed by atoms with Crippen molar-refractivity contribution in [2.45, 2.75) is 38.0 Å². The van der Waals surface area contributed by atoms with Gasteiger partial charge in [-0.05, 0) is 79.5 Å². The van der Waals surface area contributed by atoms with Crippen LogP contribution >= 0.6 is 11.6 Å². The molecule has 0 atom stereocenters. The first-order valence-corrected chi connectivity index (χ1v) is 9.21. The van der Waals surface area contributed by atoms with Gasteiger partial charge in [-0.3, -0.25) is 4.79 Å². The van der Waals surface area contributed by atoms with Gasteiger partial charge < -0.3 is 10.1 Å². The molecule has 3 nitrogen and oxygen atoms in total. The molecule has 25 heavy (non-hydrogen) atoms. The second-order valence-corrected chi connectivity index (χ2v) is 7.19. The average molecular weight is 358 g/mol. The highest BCUT2D eigenvalue weighted by atomic mass is 35.5. The second-order valence-electron chi connectivity index (χ2n) is 6.75. The Morgan fingerprint density at radius 2 is 1.84 bits per heavy atom. The Morgan fingerprint density at radius 3 is 2.52 bits per heavy atom. The van der Waals surface area contributed by atoms with E-state index >= 15 is 0 Å². The van der Waals surface area contributed by atoms with E-state index in [1.165, 1.54) is 5.56 Å². The number of carbonyl (C=O) groups is 1. The van der Waals surface area contributed by atoms with Crippen molar-refractivity contribution in [2.24, 2.45) is 5.92 Å². The summed E-state index contributed by atoms with van der Waals surface area (Å²) < 4.78 is 5.32. The van der Waals surface area contributed by atoms with Crippen molar-refractivity contribution in [2.75, 3.05) is 12.4 Å². The van der Waals surface area contributed by atoms with Crippen LogP contribution in [0.25, 0.3) is 0 Å². The molecule has 0 spiro atoms. The first-order chi connectivity index (χ1) is 12.1. The highest BCUT2D eigenvalue weighted by molar-refractivity contribution is 6.30. The van der Waals surface area contributed by atoms with Crippen molar-refractivity contribution in [1.82, 2.24) is 0 Å². The third kappa shape index (κ3) is 4.99. The number of methoxy groups -OCH3 is 1. The molecule has 0 aromatic heterocycles. The van der Waals surface area contributed by atoms with Crippen molar-refractivity contribution in [3.05, 3.63) is 59.1 Å². The molecule has 0 aliphatic heterocycles. The first kappa shape index (κ1) is 17.8. The smallest absolute Gasteiger partial charge is 0.224 e. The van der Waals surface area contributed by atoms with E-state index in [1.54, 1.807) is 19.2 Å². The number of carbonyl (C=O) groups excluding carboxylic acids is 1. The molecule has 0 bridgehead atoms. The maximum Gasteiger partial charge on any atom is 0.224 e. The molecule has 1 saturated carbocycles. The zero-order valence-electron chi connectivity index (χ0n) is 14.5. The Bertz CT molecular complexity index is 706. The Kier molecular flexibility index (Phi) is 5.98. The number of benzene rings is 2. The Hall–Kier alpha value is -2.00.